The van der Waals surface area contributed by atoms with E-state index in [1.54, 1.807) is 12.1 Å². The lowest BCUT2D eigenvalue weighted by molar-refractivity contribution is 0.344. The summed E-state index contributed by atoms with van der Waals surface area (Å²) in [5, 5.41) is 7.33. The number of aryl methyl sites for hydroxylation is 1. The summed E-state index contributed by atoms with van der Waals surface area (Å²) in [5.74, 6) is 2.86. The minimum atomic E-state index is 0.0790. The number of hydrogen-bond donors (Lipinski definition) is 2. The van der Waals surface area contributed by atoms with Crippen molar-refractivity contribution in [2.75, 3.05) is 12.4 Å². The maximum absolute atomic E-state index is 7.33. The molecule has 0 unspecified atom stereocenters. The number of amidine groups is 1. The molecule has 0 aliphatic rings. The molecule has 110 valence electrons. The molecule has 0 fully saturated rings. The molecular weight excluding hydrogens is 280 g/mol. The lowest BCUT2D eigenvalue weighted by atomic mass is 10.1. The second-order valence-corrected chi connectivity index (χ2v) is 5.87. The number of nitrogens with two attached hydrogens (primary N) is 1. The molecule has 0 amide bonds. The van der Waals surface area contributed by atoms with Crippen molar-refractivity contribution in [1.29, 1.82) is 5.41 Å². The molecule has 0 radical (unpaired) electrons. The Morgan fingerprint density at radius 2 is 1.86 bits per heavy atom. The fraction of sp³-hybridized carbons (Fsp3) is 0.235. The van der Waals surface area contributed by atoms with Crippen LogP contribution in [0, 0.1) is 12.3 Å². The number of nitrogens with one attached hydrogen (secondary N) is 1. The maximum atomic E-state index is 7.33. The van der Waals surface area contributed by atoms with Gasteiger partial charge in [-0.15, -0.1) is 0 Å². The third kappa shape index (κ3) is 4.83. The normalized spacial score (nSPS) is 10.3. The van der Waals surface area contributed by atoms with Crippen LogP contribution < -0.4 is 10.5 Å². The summed E-state index contributed by atoms with van der Waals surface area (Å²) in [6.07, 6.45) is 0. The topological polar surface area (TPSA) is 59.1 Å². The van der Waals surface area contributed by atoms with Gasteiger partial charge in [-0.2, -0.15) is 11.8 Å². The van der Waals surface area contributed by atoms with Crippen LogP contribution in [0.5, 0.6) is 5.75 Å². The minimum Gasteiger partial charge on any atom is -0.493 e. The van der Waals surface area contributed by atoms with Gasteiger partial charge in [0.05, 0.1) is 6.61 Å². The summed E-state index contributed by atoms with van der Waals surface area (Å²) in [4.78, 5) is 0. The molecule has 0 heterocycles. The van der Waals surface area contributed by atoms with Crippen LogP contribution in [0.3, 0.4) is 0 Å². The number of rotatable bonds is 7. The monoisotopic (exact) mass is 300 g/mol. The van der Waals surface area contributed by atoms with Crippen LogP contribution >= 0.6 is 11.8 Å². The molecule has 2 aromatic carbocycles. The highest BCUT2D eigenvalue weighted by Crippen LogP contribution is 2.17. The van der Waals surface area contributed by atoms with Gasteiger partial charge in [-0.1, -0.05) is 24.3 Å². The molecule has 0 aromatic heterocycles. The summed E-state index contributed by atoms with van der Waals surface area (Å²) in [6, 6.07) is 15.8. The highest BCUT2D eigenvalue weighted by atomic mass is 32.2. The highest BCUT2D eigenvalue weighted by Gasteiger charge is 1.99. The van der Waals surface area contributed by atoms with Crippen LogP contribution in [0.1, 0.15) is 16.7 Å². The Morgan fingerprint density at radius 3 is 2.52 bits per heavy atom. The van der Waals surface area contributed by atoms with Gasteiger partial charge < -0.3 is 10.5 Å². The Hall–Kier alpha value is -1.94. The zero-order valence-electron chi connectivity index (χ0n) is 12.1. The number of hydrogen-bond acceptors (Lipinski definition) is 3. The number of ether oxygens (including phenoxy) is 1. The van der Waals surface area contributed by atoms with E-state index in [-0.39, 0.29) is 5.84 Å². The first-order valence-corrected chi connectivity index (χ1v) is 8.02. The van der Waals surface area contributed by atoms with Gasteiger partial charge in [0.15, 0.2) is 0 Å². The molecule has 2 aromatic rings. The van der Waals surface area contributed by atoms with Crippen LogP contribution in [0.15, 0.2) is 48.5 Å². The second-order valence-electron chi connectivity index (χ2n) is 4.77. The van der Waals surface area contributed by atoms with Crippen molar-refractivity contribution in [1.82, 2.24) is 0 Å². The van der Waals surface area contributed by atoms with Crippen molar-refractivity contribution < 1.29 is 4.74 Å². The van der Waals surface area contributed by atoms with Gasteiger partial charge in [-0.05, 0) is 42.3 Å². The van der Waals surface area contributed by atoms with E-state index in [0.29, 0.717) is 6.61 Å². The van der Waals surface area contributed by atoms with Crippen LogP contribution in [-0.4, -0.2) is 18.2 Å². The smallest absolute Gasteiger partial charge is 0.122 e. The average Bonchev–Trinajstić information content (AvgIpc) is 2.49. The summed E-state index contributed by atoms with van der Waals surface area (Å²) < 4.78 is 5.68. The van der Waals surface area contributed by atoms with Gasteiger partial charge in [0.1, 0.15) is 11.6 Å². The van der Waals surface area contributed by atoms with Crippen molar-refractivity contribution in [3.05, 3.63) is 65.2 Å². The quantitative estimate of drug-likeness (QED) is 0.467. The Balaban J connectivity index is 1.70. The first kappa shape index (κ1) is 15.4. The van der Waals surface area contributed by atoms with Gasteiger partial charge in [-0.3, -0.25) is 5.41 Å². The first-order valence-electron chi connectivity index (χ1n) is 6.86. The molecule has 3 nitrogen and oxygen atoms in total. The van der Waals surface area contributed by atoms with E-state index < -0.39 is 0 Å². The van der Waals surface area contributed by atoms with Crippen molar-refractivity contribution >= 4 is 17.6 Å². The average molecular weight is 300 g/mol. The summed E-state index contributed by atoms with van der Waals surface area (Å²) in [7, 11) is 0. The second kappa shape index (κ2) is 7.74. The maximum Gasteiger partial charge on any atom is 0.122 e. The fourth-order valence-corrected chi connectivity index (χ4v) is 2.79. The van der Waals surface area contributed by atoms with E-state index in [1.165, 1.54) is 11.1 Å². The van der Waals surface area contributed by atoms with Crippen LogP contribution in [0.25, 0.3) is 0 Å². The van der Waals surface area contributed by atoms with Crippen molar-refractivity contribution in [2.24, 2.45) is 5.73 Å². The SMILES string of the molecule is Cc1ccccc1CSCCOc1ccc(C(=N)N)cc1. The van der Waals surface area contributed by atoms with E-state index in [2.05, 4.69) is 31.2 Å². The molecule has 0 saturated carbocycles. The molecule has 0 aliphatic heterocycles. The zero-order chi connectivity index (χ0) is 15.1. The van der Waals surface area contributed by atoms with E-state index in [9.17, 15) is 0 Å². The summed E-state index contributed by atoms with van der Waals surface area (Å²) in [6.45, 7) is 2.82. The molecule has 3 N–H and O–H groups in total. The molecule has 0 aliphatic carbocycles. The Kier molecular flexibility index (Phi) is 5.69. The van der Waals surface area contributed by atoms with E-state index >= 15 is 0 Å². The lowest BCUT2D eigenvalue weighted by Crippen LogP contribution is -2.10. The molecule has 0 bridgehead atoms. The molecule has 0 saturated heterocycles. The van der Waals surface area contributed by atoms with Crippen molar-refractivity contribution in [3.8, 4) is 5.75 Å². The molecular formula is C17H20N2OS. The largest absolute Gasteiger partial charge is 0.493 e. The van der Waals surface area contributed by atoms with Crippen LogP contribution in [0.2, 0.25) is 0 Å². The van der Waals surface area contributed by atoms with Crippen LogP contribution in [0.4, 0.5) is 0 Å². The number of thioether (sulfide) groups is 1. The van der Waals surface area contributed by atoms with Gasteiger partial charge in [0.25, 0.3) is 0 Å². The highest BCUT2D eigenvalue weighted by molar-refractivity contribution is 7.98. The number of nitrogen functional groups attached to an aromatic ring is 1. The van der Waals surface area contributed by atoms with Gasteiger partial charge in [0, 0.05) is 17.1 Å². The standard InChI is InChI=1S/C17H20N2OS/c1-13-4-2-3-5-15(13)12-21-11-10-20-16-8-6-14(7-9-16)17(18)19/h2-9H,10-12H2,1H3,(H3,18,19). The van der Waals surface area contributed by atoms with E-state index in [0.717, 1.165) is 22.8 Å². The third-order valence-corrected chi connectivity index (χ3v) is 4.15. The molecule has 0 atom stereocenters. The number of benzene rings is 2. The predicted molar refractivity (Wildman–Crippen MR) is 90.3 cm³/mol. The predicted octanol–water partition coefficient (Wildman–Crippen LogP) is 3.59. The minimum absolute atomic E-state index is 0.0790. The van der Waals surface area contributed by atoms with Crippen molar-refractivity contribution in [3.63, 3.8) is 0 Å². The van der Waals surface area contributed by atoms with Gasteiger partial charge in [0.2, 0.25) is 0 Å². The lowest BCUT2D eigenvalue weighted by Gasteiger charge is -2.08. The Labute approximate surface area is 130 Å². The van der Waals surface area contributed by atoms with Crippen LogP contribution in [-0.2, 0) is 5.75 Å². The summed E-state index contributed by atoms with van der Waals surface area (Å²) >= 11 is 1.87. The molecule has 2 rings (SSSR count). The Morgan fingerprint density at radius 1 is 1.14 bits per heavy atom. The molecule has 21 heavy (non-hydrogen) atoms. The molecule has 0 spiro atoms. The zero-order valence-corrected chi connectivity index (χ0v) is 13.0. The van der Waals surface area contributed by atoms with E-state index in [4.69, 9.17) is 15.9 Å². The summed E-state index contributed by atoms with van der Waals surface area (Å²) in [5.41, 5.74) is 8.85. The van der Waals surface area contributed by atoms with Crippen molar-refractivity contribution in [2.45, 2.75) is 12.7 Å². The van der Waals surface area contributed by atoms with Gasteiger partial charge >= 0.3 is 0 Å². The first-order chi connectivity index (χ1) is 10.2. The fourth-order valence-electron chi connectivity index (χ4n) is 1.90. The van der Waals surface area contributed by atoms with Gasteiger partial charge in [-0.25, -0.2) is 0 Å². The molecule has 4 heteroatoms. The third-order valence-electron chi connectivity index (χ3n) is 3.18. The van der Waals surface area contributed by atoms with E-state index in [1.807, 2.05) is 23.9 Å². The Bertz CT molecular complexity index is 596.